The molecule has 0 radical (unpaired) electrons. The zero-order valence-corrected chi connectivity index (χ0v) is 20.2. The van der Waals surface area contributed by atoms with Crippen LogP contribution >= 0.6 is 0 Å². The second-order valence-corrected chi connectivity index (χ2v) is 8.58. The van der Waals surface area contributed by atoms with Crippen molar-refractivity contribution in [3.63, 3.8) is 0 Å². The number of hydrogen-bond acceptors (Lipinski definition) is 4. The van der Waals surface area contributed by atoms with E-state index < -0.39 is 4.92 Å². The van der Waals surface area contributed by atoms with E-state index in [1.807, 2.05) is 50.2 Å². The third-order valence-electron chi connectivity index (χ3n) is 5.78. The monoisotopic (exact) mass is 458 g/mol. The number of nitrogens with one attached hydrogen (secondary N) is 1. The lowest BCUT2D eigenvalue weighted by molar-refractivity contribution is -0.384. The zero-order chi connectivity index (χ0) is 24.8. The van der Waals surface area contributed by atoms with Crippen molar-refractivity contribution in [2.45, 2.75) is 39.7 Å². The number of carbonyl (C=O) groups excluding carboxylic acids is 1. The van der Waals surface area contributed by atoms with Crippen molar-refractivity contribution in [2.75, 3.05) is 7.11 Å². The van der Waals surface area contributed by atoms with E-state index in [9.17, 15) is 14.9 Å². The third kappa shape index (κ3) is 5.70. The molecule has 0 saturated carbocycles. The van der Waals surface area contributed by atoms with Gasteiger partial charge in [0, 0.05) is 17.7 Å². The van der Waals surface area contributed by atoms with Crippen molar-refractivity contribution in [1.29, 1.82) is 0 Å². The van der Waals surface area contributed by atoms with Gasteiger partial charge < -0.3 is 10.1 Å². The number of rotatable bonds is 8. The summed E-state index contributed by atoms with van der Waals surface area (Å²) in [5, 5.41) is 14.3. The highest BCUT2D eigenvalue weighted by Gasteiger charge is 2.20. The first kappa shape index (κ1) is 24.7. The number of aryl methyl sites for hydroxylation is 1. The Morgan fingerprint density at radius 3 is 2.32 bits per heavy atom. The first-order chi connectivity index (χ1) is 16.2. The van der Waals surface area contributed by atoms with Crippen molar-refractivity contribution in [3.05, 3.63) is 105 Å². The maximum atomic E-state index is 13.5. The lowest BCUT2D eigenvalue weighted by Gasteiger charge is -2.21. The minimum atomic E-state index is -0.444. The van der Waals surface area contributed by atoms with E-state index >= 15 is 0 Å². The summed E-state index contributed by atoms with van der Waals surface area (Å²) in [5.74, 6) is 0.850. The number of benzene rings is 3. The molecule has 6 nitrogen and oxygen atoms in total. The molecule has 1 N–H and O–H groups in total. The summed E-state index contributed by atoms with van der Waals surface area (Å²) >= 11 is 0. The molecule has 0 saturated heterocycles. The molecule has 0 aliphatic carbocycles. The van der Waals surface area contributed by atoms with Gasteiger partial charge in [0.1, 0.15) is 5.75 Å². The summed E-state index contributed by atoms with van der Waals surface area (Å²) in [6, 6.07) is 19.4. The number of hydrogen-bond donors (Lipinski definition) is 1. The predicted octanol–water partition coefficient (Wildman–Crippen LogP) is 6.45. The minimum Gasteiger partial charge on any atom is -0.496 e. The van der Waals surface area contributed by atoms with Crippen LogP contribution in [-0.2, 0) is 4.79 Å². The number of methoxy groups -OCH3 is 1. The number of nitro groups is 1. The maximum Gasteiger partial charge on any atom is 0.270 e. The van der Waals surface area contributed by atoms with Crippen LogP contribution in [0.2, 0.25) is 0 Å². The van der Waals surface area contributed by atoms with Gasteiger partial charge in [-0.3, -0.25) is 14.9 Å². The molecule has 0 aromatic heterocycles. The van der Waals surface area contributed by atoms with Gasteiger partial charge in [0.25, 0.3) is 11.6 Å². The number of non-ortho nitro benzene ring substituents is 1. The van der Waals surface area contributed by atoms with E-state index in [1.54, 1.807) is 25.3 Å². The molecule has 6 heteroatoms. The largest absolute Gasteiger partial charge is 0.496 e. The van der Waals surface area contributed by atoms with E-state index in [-0.39, 0.29) is 23.6 Å². The van der Waals surface area contributed by atoms with Gasteiger partial charge in [-0.05, 0) is 65.8 Å². The summed E-state index contributed by atoms with van der Waals surface area (Å²) in [4.78, 5) is 24.2. The van der Waals surface area contributed by atoms with Gasteiger partial charge in [0.15, 0.2) is 0 Å². The Bertz CT molecular complexity index is 1220. The van der Waals surface area contributed by atoms with Crippen molar-refractivity contribution in [2.24, 2.45) is 0 Å². The van der Waals surface area contributed by atoms with E-state index in [1.165, 1.54) is 12.1 Å². The second kappa shape index (κ2) is 10.8. The second-order valence-electron chi connectivity index (χ2n) is 8.58. The SMILES string of the molecule is COc1cc(C)c(C(C)NC(=O)/C(=C/c2cccc([N+](=O)[O-])c2)c2ccccc2)cc1C(C)C. The van der Waals surface area contributed by atoms with Crippen molar-refractivity contribution in [3.8, 4) is 5.75 Å². The average molecular weight is 459 g/mol. The Morgan fingerprint density at radius 2 is 1.71 bits per heavy atom. The fourth-order valence-electron chi connectivity index (χ4n) is 3.95. The fraction of sp³-hybridized carbons (Fsp3) is 0.250. The molecule has 3 aromatic rings. The van der Waals surface area contributed by atoms with Gasteiger partial charge in [0.2, 0.25) is 0 Å². The van der Waals surface area contributed by atoms with Gasteiger partial charge in [0.05, 0.1) is 18.1 Å². The fourth-order valence-corrected chi connectivity index (χ4v) is 3.95. The van der Waals surface area contributed by atoms with Crippen molar-refractivity contribution < 1.29 is 14.5 Å². The van der Waals surface area contributed by atoms with Gasteiger partial charge in [-0.2, -0.15) is 0 Å². The molecule has 3 aromatic carbocycles. The molecule has 0 aliphatic heterocycles. The van der Waals surface area contributed by atoms with Gasteiger partial charge in [-0.15, -0.1) is 0 Å². The molecule has 34 heavy (non-hydrogen) atoms. The number of ether oxygens (including phenoxy) is 1. The van der Waals surface area contributed by atoms with Gasteiger partial charge in [-0.25, -0.2) is 0 Å². The number of nitrogens with zero attached hydrogens (tertiary/aromatic N) is 1. The molecule has 1 amide bonds. The highest BCUT2D eigenvalue weighted by atomic mass is 16.6. The van der Waals surface area contributed by atoms with Crippen LogP contribution in [0, 0.1) is 17.0 Å². The van der Waals surface area contributed by atoms with Crippen LogP contribution in [0.4, 0.5) is 5.69 Å². The molecule has 0 bridgehead atoms. The topological polar surface area (TPSA) is 81.5 Å². The lowest BCUT2D eigenvalue weighted by atomic mass is 9.93. The Kier molecular flexibility index (Phi) is 7.84. The minimum absolute atomic E-state index is 0.0231. The predicted molar refractivity (Wildman–Crippen MR) is 136 cm³/mol. The summed E-state index contributed by atoms with van der Waals surface area (Å²) in [5.41, 5.74) is 4.85. The smallest absolute Gasteiger partial charge is 0.270 e. The third-order valence-corrected chi connectivity index (χ3v) is 5.78. The van der Waals surface area contributed by atoms with Crippen LogP contribution in [0.3, 0.4) is 0 Å². The zero-order valence-electron chi connectivity index (χ0n) is 20.2. The Balaban J connectivity index is 1.98. The van der Waals surface area contributed by atoms with E-state index in [2.05, 4.69) is 25.2 Å². The standard InChI is InChI=1S/C28H30N2O4/c1-18(2)24-17-25(19(3)14-27(24)34-5)20(4)29-28(31)26(22-11-7-6-8-12-22)16-21-10-9-13-23(15-21)30(32)33/h6-18,20H,1-5H3,(H,29,31)/b26-16+. The van der Waals surface area contributed by atoms with Crippen molar-refractivity contribution >= 4 is 23.2 Å². The molecule has 3 rings (SSSR count). The molecule has 176 valence electrons. The highest BCUT2D eigenvalue weighted by molar-refractivity contribution is 6.24. The molecule has 1 unspecified atom stereocenters. The Morgan fingerprint density at radius 1 is 1.00 bits per heavy atom. The first-order valence-electron chi connectivity index (χ1n) is 11.2. The van der Waals surface area contributed by atoms with E-state index in [0.29, 0.717) is 11.1 Å². The highest BCUT2D eigenvalue weighted by Crippen LogP contribution is 2.32. The van der Waals surface area contributed by atoms with Crippen LogP contribution in [0.5, 0.6) is 5.75 Å². The Labute approximate surface area is 200 Å². The molecule has 1 atom stereocenters. The van der Waals surface area contributed by atoms with E-state index in [4.69, 9.17) is 4.74 Å². The summed E-state index contributed by atoms with van der Waals surface area (Å²) in [6.07, 6.45) is 1.69. The molecular weight excluding hydrogens is 428 g/mol. The van der Waals surface area contributed by atoms with Crippen LogP contribution < -0.4 is 10.1 Å². The first-order valence-corrected chi connectivity index (χ1v) is 11.2. The van der Waals surface area contributed by atoms with Crippen LogP contribution in [0.1, 0.15) is 60.5 Å². The number of nitro benzene ring substituents is 1. The number of amides is 1. The van der Waals surface area contributed by atoms with E-state index in [0.717, 1.165) is 28.0 Å². The average Bonchev–Trinajstić information content (AvgIpc) is 2.82. The maximum absolute atomic E-state index is 13.5. The summed E-state index contributed by atoms with van der Waals surface area (Å²) in [6.45, 7) is 8.17. The molecule has 0 fully saturated rings. The Hall–Kier alpha value is -3.93. The quantitative estimate of drug-likeness (QED) is 0.182. The normalized spacial score (nSPS) is 12.4. The van der Waals surface area contributed by atoms with Crippen molar-refractivity contribution in [1.82, 2.24) is 5.32 Å². The summed E-state index contributed by atoms with van der Waals surface area (Å²) in [7, 11) is 1.66. The molecular formula is C28H30N2O4. The van der Waals surface area contributed by atoms with Crippen LogP contribution in [0.25, 0.3) is 11.6 Å². The van der Waals surface area contributed by atoms with Gasteiger partial charge >= 0.3 is 0 Å². The van der Waals surface area contributed by atoms with Crippen LogP contribution in [0.15, 0.2) is 66.7 Å². The molecule has 0 aliphatic rings. The van der Waals surface area contributed by atoms with Gasteiger partial charge in [-0.1, -0.05) is 56.3 Å². The number of carbonyl (C=O) groups is 1. The molecule has 0 heterocycles. The lowest BCUT2D eigenvalue weighted by Crippen LogP contribution is -2.28. The van der Waals surface area contributed by atoms with Crippen LogP contribution in [-0.4, -0.2) is 17.9 Å². The summed E-state index contributed by atoms with van der Waals surface area (Å²) < 4.78 is 5.55. The molecule has 0 spiro atoms.